The van der Waals surface area contributed by atoms with E-state index in [1.165, 1.54) is 11.1 Å². The summed E-state index contributed by atoms with van der Waals surface area (Å²) >= 11 is 0. The summed E-state index contributed by atoms with van der Waals surface area (Å²) in [5, 5.41) is 4.43. The highest BCUT2D eigenvalue weighted by atomic mass is 16.3. The molecule has 0 aliphatic rings. The Labute approximate surface area is 260 Å². The van der Waals surface area contributed by atoms with Gasteiger partial charge in [-0.25, -0.2) is 0 Å². The molecule has 45 heavy (non-hydrogen) atoms. The Morgan fingerprint density at radius 2 is 0.844 bits per heavy atom. The van der Waals surface area contributed by atoms with E-state index in [1.807, 2.05) is 30.3 Å². The lowest BCUT2D eigenvalue weighted by Gasteiger charge is -2.28. The molecule has 0 unspecified atom stereocenters. The lowest BCUT2D eigenvalue weighted by Crippen LogP contribution is -2.11. The van der Waals surface area contributed by atoms with Crippen LogP contribution in [0, 0.1) is 0 Å². The van der Waals surface area contributed by atoms with E-state index in [0.717, 1.165) is 72.1 Å². The normalized spacial score (nSPS) is 11.6. The van der Waals surface area contributed by atoms with Crippen LogP contribution < -0.4 is 4.90 Å². The first kappa shape index (κ1) is 25.4. The number of furan rings is 2. The smallest absolute Gasteiger partial charge is 0.137 e. The van der Waals surface area contributed by atoms with Crippen molar-refractivity contribution in [2.45, 2.75) is 0 Å². The Balaban J connectivity index is 1.31. The Kier molecular flexibility index (Phi) is 5.82. The van der Waals surface area contributed by atoms with Crippen LogP contribution in [0.2, 0.25) is 0 Å². The van der Waals surface area contributed by atoms with Crippen molar-refractivity contribution in [3.63, 3.8) is 0 Å². The Morgan fingerprint density at radius 3 is 1.53 bits per heavy atom. The van der Waals surface area contributed by atoms with Gasteiger partial charge in [-0.1, -0.05) is 109 Å². The van der Waals surface area contributed by atoms with E-state index in [4.69, 9.17) is 8.83 Å². The molecule has 3 heteroatoms. The zero-order valence-corrected chi connectivity index (χ0v) is 24.4. The molecule has 0 saturated heterocycles. The van der Waals surface area contributed by atoms with E-state index in [-0.39, 0.29) is 0 Å². The Hall–Kier alpha value is -6.06. The SMILES string of the molecule is c1ccc(-c2ccc(N(c3ccc4c(c3)oc3ccccc34)c3cc4oc5ccccc5c4cc3-c3ccccc3)cc2)cc1. The molecule has 212 valence electrons. The van der Waals surface area contributed by atoms with Crippen LogP contribution in [0.15, 0.2) is 173 Å². The van der Waals surface area contributed by atoms with Crippen molar-refractivity contribution in [1.82, 2.24) is 0 Å². The molecule has 2 aromatic heterocycles. The fourth-order valence-electron chi connectivity index (χ4n) is 6.51. The molecule has 0 aliphatic carbocycles. The second kappa shape index (κ2) is 10.3. The van der Waals surface area contributed by atoms with Crippen LogP contribution in [0.3, 0.4) is 0 Å². The van der Waals surface area contributed by atoms with Gasteiger partial charge in [0.05, 0.1) is 5.69 Å². The number of fused-ring (bicyclic) bond motifs is 6. The van der Waals surface area contributed by atoms with Gasteiger partial charge in [0.2, 0.25) is 0 Å². The van der Waals surface area contributed by atoms with Crippen LogP contribution in [0.25, 0.3) is 66.1 Å². The zero-order valence-electron chi connectivity index (χ0n) is 24.4. The monoisotopic (exact) mass is 577 g/mol. The third-order valence-electron chi connectivity index (χ3n) is 8.67. The predicted octanol–water partition coefficient (Wildman–Crippen LogP) is 12.3. The van der Waals surface area contributed by atoms with Gasteiger partial charge in [0.1, 0.15) is 22.3 Å². The summed E-state index contributed by atoms with van der Waals surface area (Å²) in [4.78, 5) is 2.32. The topological polar surface area (TPSA) is 29.5 Å². The summed E-state index contributed by atoms with van der Waals surface area (Å²) in [6, 6.07) is 57.3. The summed E-state index contributed by atoms with van der Waals surface area (Å²) in [5.74, 6) is 0. The first-order valence-corrected chi connectivity index (χ1v) is 15.2. The van der Waals surface area contributed by atoms with E-state index < -0.39 is 0 Å². The van der Waals surface area contributed by atoms with Crippen molar-refractivity contribution < 1.29 is 8.83 Å². The molecule has 0 bridgehead atoms. The molecular weight excluding hydrogens is 550 g/mol. The van der Waals surface area contributed by atoms with Crippen LogP contribution in [0.1, 0.15) is 0 Å². The first-order valence-electron chi connectivity index (χ1n) is 15.2. The minimum atomic E-state index is 0.849. The molecule has 2 heterocycles. The summed E-state index contributed by atoms with van der Waals surface area (Å²) in [6.45, 7) is 0. The number of hydrogen-bond donors (Lipinski definition) is 0. The third-order valence-corrected chi connectivity index (χ3v) is 8.67. The lowest BCUT2D eigenvalue weighted by molar-refractivity contribution is 0.669. The van der Waals surface area contributed by atoms with Crippen LogP contribution in [0.4, 0.5) is 17.1 Å². The van der Waals surface area contributed by atoms with Crippen molar-refractivity contribution >= 4 is 60.9 Å². The van der Waals surface area contributed by atoms with Crippen LogP contribution in [-0.4, -0.2) is 0 Å². The van der Waals surface area contributed by atoms with E-state index >= 15 is 0 Å². The average molecular weight is 578 g/mol. The van der Waals surface area contributed by atoms with Gasteiger partial charge in [0, 0.05) is 50.6 Å². The maximum absolute atomic E-state index is 6.45. The van der Waals surface area contributed by atoms with Crippen LogP contribution in [0.5, 0.6) is 0 Å². The van der Waals surface area contributed by atoms with Crippen molar-refractivity contribution in [3.8, 4) is 22.3 Å². The molecule has 7 aromatic carbocycles. The minimum absolute atomic E-state index is 0.849. The standard InChI is InChI=1S/C42H27NO2/c1-3-11-28(12-4-1)29-19-21-31(22-20-29)43(32-23-24-35-33-15-7-9-17-39(33)44-41(35)25-32)38-27-42-37(34-16-8-10-18-40(34)45-42)26-36(38)30-13-5-2-6-14-30/h1-27H. The van der Waals surface area contributed by atoms with Gasteiger partial charge in [-0.15, -0.1) is 0 Å². The average Bonchev–Trinajstić information content (AvgIpc) is 3.66. The number of hydrogen-bond acceptors (Lipinski definition) is 3. The largest absolute Gasteiger partial charge is 0.456 e. The third kappa shape index (κ3) is 4.29. The van der Waals surface area contributed by atoms with E-state index in [1.54, 1.807) is 0 Å². The number of nitrogens with zero attached hydrogens (tertiary/aromatic N) is 1. The molecule has 0 radical (unpaired) electrons. The van der Waals surface area contributed by atoms with Crippen molar-refractivity contribution in [2.75, 3.05) is 4.90 Å². The molecule has 0 N–H and O–H groups in total. The van der Waals surface area contributed by atoms with Gasteiger partial charge in [-0.3, -0.25) is 0 Å². The van der Waals surface area contributed by atoms with Crippen LogP contribution in [-0.2, 0) is 0 Å². The second-order valence-electron chi connectivity index (χ2n) is 11.4. The van der Waals surface area contributed by atoms with E-state index in [9.17, 15) is 0 Å². The van der Waals surface area contributed by atoms with Crippen molar-refractivity contribution in [2.24, 2.45) is 0 Å². The second-order valence-corrected chi connectivity index (χ2v) is 11.4. The molecule has 0 saturated carbocycles. The molecule has 0 aliphatic heterocycles. The number of rotatable bonds is 5. The molecule has 0 spiro atoms. The summed E-state index contributed by atoms with van der Waals surface area (Å²) in [5.41, 5.74) is 11.1. The zero-order chi connectivity index (χ0) is 29.7. The molecule has 0 amide bonds. The van der Waals surface area contributed by atoms with Gasteiger partial charge in [-0.05, 0) is 59.2 Å². The van der Waals surface area contributed by atoms with Crippen molar-refractivity contribution in [1.29, 1.82) is 0 Å². The fraction of sp³-hybridized carbons (Fsp3) is 0. The quantitative estimate of drug-likeness (QED) is 0.204. The number of benzene rings is 7. The minimum Gasteiger partial charge on any atom is -0.456 e. The van der Waals surface area contributed by atoms with Gasteiger partial charge < -0.3 is 13.7 Å². The molecule has 9 rings (SSSR count). The number of para-hydroxylation sites is 2. The molecule has 9 aromatic rings. The summed E-state index contributed by atoms with van der Waals surface area (Å²) < 4.78 is 12.8. The highest BCUT2D eigenvalue weighted by molar-refractivity contribution is 6.10. The Morgan fingerprint density at radius 1 is 0.333 bits per heavy atom. The summed E-state index contributed by atoms with van der Waals surface area (Å²) in [6.07, 6.45) is 0. The predicted molar refractivity (Wildman–Crippen MR) is 187 cm³/mol. The molecule has 0 atom stereocenters. The van der Waals surface area contributed by atoms with Gasteiger partial charge in [0.25, 0.3) is 0 Å². The fourth-order valence-corrected chi connectivity index (χ4v) is 6.51. The first-order chi connectivity index (χ1) is 22.3. The molecule has 0 fully saturated rings. The Bertz CT molecular complexity index is 2470. The van der Waals surface area contributed by atoms with Gasteiger partial charge in [0.15, 0.2) is 0 Å². The number of anilines is 3. The summed E-state index contributed by atoms with van der Waals surface area (Å²) in [7, 11) is 0. The van der Waals surface area contributed by atoms with E-state index in [0.29, 0.717) is 0 Å². The van der Waals surface area contributed by atoms with Gasteiger partial charge in [-0.2, -0.15) is 0 Å². The maximum atomic E-state index is 6.45. The highest BCUT2D eigenvalue weighted by Crippen LogP contribution is 2.46. The lowest BCUT2D eigenvalue weighted by atomic mass is 9.98. The highest BCUT2D eigenvalue weighted by Gasteiger charge is 2.22. The van der Waals surface area contributed by atoms with Gasteiger partial charge >= 0.3 is 0 Å². The molecular formula is C42H27NO2. The van der Waals surface area contributed by atoms with Crippen LogP contribution >= 0.6 is 0 Å². The van der Waals surface area contributed by atoms with Crippen molar-refractivity contribution in [3.05, 3.63) is 164 Å². The van der Waals surface area contributed by atoms with E-state index in [2.05, 4.69) is 138 Å². The maximum Gasteiger partial charge on any atom is 0.137 e. The molecule has 3 nitrogen and oxygen atoms in total.